The van der Waals surface area contributed by atoms with Crippen LogP contribution >= 0.6 is 0 Å². The van der Waals surface area contributed by atoms with Crippen molar-refractivity contribution in [1.29, 1.82) is 0 Å². The van der Waals surface area contributed by atoms with Crippen LogP contribution < -0.4 is 10.1 Å². The van der Waals surface area contributed by atoms with Crippen LogP contribution in [0.25, 0.3) is 0 Å². The SMILES string of the molecule is CCCNC(C)(CO)COc1ccccc1CCO. The third-order valence-electron chi connectivity index (χ3n) is 3.05. The third-order valence-corrected chi connectivity index (χ3v) is 3.05. The van der Waals surface area contributed by atoms with Crippen molar-refractivity contribution in [1.82, 2.24) is 5.32 Å². The van der Waals surface area contributed by atoms with E-state index in [0.29, 0.717) is 13.0 Å². The second-order valence-electron chi connectivity index (χ2n) is 5.02. The van der Waals surface area contributed by atoms with Crippen LogP contribution in [0.3, 0.4) is 0 Å². The van der Waals surface area contributed by atoms with Crippen molar-refractivity contribution in [2.24, 2.45) is 0 Å². The van der Waals surface area contributed by atoms with E-state index in [-0.39, 0.29) is 13.2 Å². The van der Waals surface area contributed by atoms with E-state index >= 15 is 0 Å². The van der Waals surface area contributed by atoms with Gasteiger partial charge in [0.15, 0.2) is 0 Å². The average molecular weight is 267 g/mol. The van der Waals surface area contributed by atoms with E-state index in [0.717, 1.165) is 24.3 Å². The number of rotatable bonds is 9. The Morgan fingerprint density at radius 1 is 1.26 bits per heavy atom. The molecule has 0 saturated carbocycles. The molecule has 1 rings (SSSR count). The number of benzene rings is 1. The Morgan fingerprint density at radius 3 is 2.63 bits per heavy atom. The van der Waals surface area contributed by atoms with E-state index in [2.05, 4.69) is 12.2 Å². The van der Waals surface area contributed by atoms with E-state index in [9.17, 15) is 5.11 Å². The van der Waals surface area contributed by atoms with Crippen molar-refractivity contribution in [2.75, 3.05) is 26.4 Å². The average Bonchev–Trinajstić information content (AvgIpc) is 2.44. The Hall–Kier alpha value is -1.10. The van der Waals surface area contributed by atoms with E-state index < -0.39 is 5.54 Å². The molecule has 108 valence electrons. The first-order valence-electron chi connectivity index (χ1n) is 6.82. The maximum absolute atomic E-state index is 9.48. The van der Waals surface area contributed by atoms with Gasteiger partial charge in [0.2, 0.25) is 0 Å². The van der Waals surface area contributed by atoms with Gasteiger partial charge in [-0.25, -0.2) is 0 Å². The van der Waals surface area contributed by atoms with Crippen LogP contribution in [0.15, 0.2) is 24.3 Å². The molecule has 0 radical (unpaired) electrons. The monoisotopic (exact) mass is 267 g/mol. The first-order chi connectivity index (χ1) is 9.15. The minimum atomic E-state index is -0.442. The predicted molar refractivity (Wildman–Crippen MR) is 76.5 cm³/mol. The normalized spacial score (nSPS) is 14.1. The molecule has 0 aliphatic heterocycles. The lowest BCUT2D eigenvalue weighted by Gasteiger charge is -2.29. The van der Waals surface area contributed by atoms with Gasteiger partial charge in [-0.05, 0) is 37.9 Å². The van der Waals surface area contributed by atoms with E-state index in [1.165, 1.54) is 0 Å². The molecule has 19 heavy (non-hydrogen) atoms. The molecule has 0 heterocycles. The van der Waals surface area contributed by atoms with E-state index in [1.807, 2.05) is 31.2 Å². The van der Waals surface area contributed by atoms with E-state index in [4.69, 9.17) is 9.84 Å². The number of aliphatic hydroxyl groups is 2. The molecule has 0 saturated heterocycles. The summed E-state index contributed by atoms with van der Waals surface area (Å²) in [5.41, 5.74) is 0.545. The molecular weight excluding hydrogens is 242 g/mol. The van der Waals surface area contributed by atoms with Crippen molar-refractivity contribution in [2.45, 2.75) is 32.2 Å². The highest BCUT2D eigenvalue weighted by atomic mass is 16.5. The van der Waals surface area contributed by atoms with Crippen molar-refractivity contribution in [3.63, 3.8) is 0 Å². The summed E-state index contributed by atoms with van der Waals surface area (Å²) in [6, 6.07) is 7.67. The van der Waals surface area contributed by atoms with Gasteiger partial charge in [0.25, 0.3) is 0 Å². The summed E-state index contributed by atoms with van der Waals surface area (Å²) < 4.78 is 5.81. The summed E-state index contributed by atoms with van der Waals surface area (Å²) in [6.07, 6.45) is 1.59. The van der Waals surface area contributed by atoms with Gasteiger partial charge in [-0.1, -0.05) is 25.1 Å². The molecule has 3 N–H and O–H groups in total. The minimum absolute atomic E-state index is 0.0230. The van der Waals surface area contributed by atoms with Gasteiger partial charge in [0, 0.05) is 6.61 Å². The molecular formula is C15H25NO3. The van der Waals surface area contributed by atoms with E-state index in [1.54, 1.807) is 0 Å². The van der Waals surface area contributed by atoms with Crippen LogP contribution in [-0.2, 0) is 6.42 Å². The number of hydrogen-bond donors (Lipinski definition) is 3. The molecule has 4 nitrogen and oxygen atoms in total. The Bertz CT molecular complexity index is 370. The predicted octanol–water partition coefficient (Wildman–Crippen LogP) is 1.35. The molecule has 0 bridgehead atoms. The van der Waals surface area contributed by atoms with Crippen molar-refractivity contribution in [3.8, 4) is 5.75 Å². The fourth-order valence-corrected chi connectivity index (χ4v) is 1.79. The van der Waals surface area contributed by atoms with Crippen LogP contribution in [0.4, 0.5) is 0 Å². The number of hydrogen-bond acceptors (Lipinski definition) is 4. The quantitative estimate of drug-likeness (QED) is 0.632. The van der Waals surface area contributed by atoms with Gasteiger partial charge in [0.05, 0.1) is 12.1 Å². The number of ether oxygens (including phenoxy) is 1. The first-order valence-corrected chi connectivity index (χ1v) is 6.82. The largest absolute Gasteiger partial charge is 0.491 e. The molecule has 0 aliphatic rings. The smallest absolute Gasteiger partial charge is 0.122 e. The molecule has 4 heteroatoms. The third kappa shape index (κ3) is 5.19. The lowest BCUT2D eigenvalue weighted by atomic mass is 10.1. The molecule has 1 aromatic rings. The maximum atomic E-state index is 9.48. The van der Waals surface area contributed by atoms with Crippen LogP contribution in [0.2, 0.25) is 0 Å². The molecule has 0 spiro atoms. The minimum Gasteiger partial charge on any atom is -0.491 e. The number of aliphatic hydroxyl groups excluding tert-OH is 2. The van der Waals surface area contributed by atoms with Gasteiger partial charge >= 0.3 is 0 Å². The molecule has 0 aliphatic carbocycles. The highest BCUT2D eigenvalue weighted by molar-refractivity contribution is 5.33. The summed E-state index contributed by atoms with van der Waals surface area (Å²) in [6.45, 7) is 5.39. The fraction of sp³-hybridized carbons (Fsp3) is 0.600. The van der Waals surface area contributed by atoms with Crippen molar-refractivity contribution < 1.29 is 14.9 Å². The molecule has 0 amide bonds. The lowest BCUT2D eigenvalue weighted by Crippen LogP contribution is -2.50. The standard InChI is InChI=1S/C15H25NO3/c1-3-9-16-15(2,11-18)12-19-14-7-5-4-6-13(14)8-10-17/h4-7,16-18H,3,8-12H2,1-2H3. The summed E-state index contributed by atoms with van der Waals surface area (Å²) in [4.78, 5) is 0. The molecule has 1 atom stereocenters. The van der Waals surface area contributed by atoms with Crippen LogP contribution in [0, 0.1) is 0 Å². The summed E-state index contributed by atoms with van der Waals surface area (Å²) in [7, 11) is 0. The Morgan fingerprint density at radius 2 is 2.00 bits per heavy atom. The molecule has 1 unspecified atom stereocenters. The number of nitrogens with one attached hydrogen (secondary N) is 1. The molecule has 0 aromatic heterocycles. The van der Waals surface area contributed by atoms with Crippen molar-refractivity contribution in [3.05, 3.63) is 29.8 Å². The number of para-hydroxylation sites is 1. The lowest BCUT2D eigenvalue weighted by molar-refractivity contribution is 0.115. The first kappa shape index (κ1) is 16.0. The zero-order chi connectivity index (χ0) is 14.1. The fourth-order valence-electron chi connectivity index (χ4n) is 1.79. The Balaban J connectivity index is 2.63. The van der Waals surface area contributed by atoms with Crippen LogP contribution in [-0.4, -0.2) is 42.1 Å². The highest BCUT2D eigenvalue weighted by Crippen LogP contribution is 2.19. The second kappa shape index (κ2) is 8.15. The maximum Gasteiger partial charge on any atom is 0.122 e. The molecule has 0 fully saturated rings. The zero-order valence-electron chi connectivity index (χ0n) is 11.9. The van der Waals surface area contributed by atoms with Gasteiger partial charge in [-0.3, -0.25) is 0 Å². The van der Waals surface area contributed by atoms with Gasteiger partial charge in [0.1, 0.15) is 12.4 Å². The van der Waals surface area contributed by atoms with Crippen molar-refractivity contribution >= 4 is 0 Å². The summed E-state index contributed by atoms with van der Waals surface area (Å²) in [5, 5.41) is 21.8. The van der Waals surface area contributed by atoms with Crippen LogP contribution in [0.5, 0.6) is 5.75 Å². The topological polar surface area (TPSA) is 61.7 Å². The van der Waals surface area contributed by atoms with Gasteiger partial charge < -0.3 is 20.3 Å². The van der Waals surface area contributed by atoms with Gasteiger partial charge in [-0.15, -0.1) is 0 Å². The summed E-state index contributed by atoms with van der Waals surface area (Å²) >= 11 is 0. The Labute approximate surface area is 115 Å². The summed E-state index contributed by atoms with van der Waals surface area (Å²) in [5.74, 6) is 0.773. The second-order valence-corrected chi connectivity index (χ2v) is 5.02. The zero-order valence-corrected chi connectivity index (χ0v) is 11.9. The van der Waals surface area contributed by atoms with Crippen LogP contribution in [0.1, 0.15) is 25.8 Å². The molecule has 1 aromatic carbocycles. The Kier molecular flexibility index (Phi) is 6.84. The van der Waals surface area contributed by atoms with Gasteiger partial charge in [-0.2, -0.15) is 0 Å². The highest BCUT2D eigenvalue weighted by Gasteiger charge is 2.23.